The zero-order valence-electron chi connectivity index (χ0n) is 20.1. The van der Waals surface area contributed by atoms with E-state index in [0.29, 0.717) is 11.3 Å². The number of hydrogen-bond acceptors (Lipinski definition) is 7. The fraction of sp³-hybridized carbons (Fsp3) is 0.400. The van der Waals surface area contributed by atoms with Gasteiger partial charge in [0.25, 0.3) is 0 Å². The summed E-state index contributed by atoms with van der Waals surface area (Å²) in [4.78, 5) is 38.0. The van der Waals surface area contributed by atoms with Gasteiger partial charge in [0.05, 0.1) is 14.2 Å². The van der Waals surface area contributed by atoms with Crippen molar-refractivity contribution in [3.05, 3.63) is 65.7 Å². The lowest BCUT2D eigenvalue weighted by Crippen LogP contribution is -2.60. The maximum absolute atomic E-state index is 13.1. The van der Waals surface area contributed by atoms with Gasteiger partial charge >= 0.3 is 18.0 Å². The summed E-state index contributed by atoms with van der Waals surface area (Å²) in [5.41, 5.74) is 3.30. The standard InChI is InChI=1S/C25H32N2O7/c1-25(2,3)34-24(31)27(21(23(30)33-5)16-17-9-7-6-8-10-17)26-20(22(28)29)15-18-11-13-19(32-4)14-12-18/h6-14,20-21,26H,15-16H2,1-5H3,(H,28,29)/t20-,21-/m0/s1. The van der Waals surface area contributed by atoms with Gasteiger partial charge in [-0.3, -0.25) is 4.79 Å². The van der Waals surface area contributed by atoms with Crippen LogP contribution in [0.2, 0.25) is 0 Å². The molecule has 2 aromatic carbocycles. The molecule has 0 aliphatic heterocycles. The van der Waals surface area contributed by atoms with Gasteiger partial charge in [0, 0.05) is 12.8 Å². The molecule has 2 rings (SSSR count). The van der Waals surface area contributed by atoms with E-state index >= 15 is 0 Å². The van der Waals surface area contributed by atoms with Gasteiger partial charge in [0.1, 0.15) is 17.4 Å². The first-order chi connectivity index (χ1) is 16.0. The van der Waals surface area contributed by atoms with Crippen molar-refractivity contribution in [1.29, 1.82) is 0 Å². The number of amides is 1. The molecule has 184 valence electrons. The van der Waals surface area contributed by atoms with Gasteiger partial charge in [0.2, 0.25) is 0 Å². The topological polar surface area (TPSA) is 114 Å². The number of carboxylic acids is 1. The van der Waals surface area contributed by atoms with Crippen LogP contribution in [0.25, 0.3) is 0 Å². The molecule has 0 aliphatic carbocycles. The second-order valence-corrected chi connectivity index (χ2v) is 8.65. The summed E-state index contributed by atoms with van der Waals surface area (Å²) >= 11 is 0. The molecule has 0 aliphatic rings. The molecule has 1 amide bonds. The Morgan fingerprint density at radius 2 is 1.53 bits per heavy atom. The average molecular weight is 473 g/mol. The Morgan fingerprint density at radius 3 is 2.03 bits per heavy atom. The number of carbonyl (C=O) groups excluding carboxylic acids is 2. The molecular formula is C25H32N2O7. The highest BCUT2D eigenvalue weighted by molar-refractivity contribution is 5.82. The van der Waals surface area contributed by atoms with E-state index in [1.165, 1.54) is 14.2 Å². The third kappa shape index (κ3) is 8.08. The molecule has 2 atom stereocenters. The molecule has 2 aromatic rings. The largest absolute Gasteiger partial charge is 0.497 e. The number of aliphatic carboxylic acids is 1. The Balaban J connectivity index is 2.39. The summed E-state index contributed by atoms with van der Waals surface area (Å²) in [5.74, 6) is -1.28. The molecule has 0 fully saturated rings. The number of carboxylic acid groups (broad SMARTS) is 1. The zero-order valence-corrected chi connectivity index (χ0v) is 20.1. The second-order valence-electron chi connectivity index (χ2n) is 8.65. The molecule has 0 spiro atoms. The Bertz CT molecular complexity index is 955. The van der Waals surface area contributed by atoms with Gasteiger partial charge in [-0.1, -0.05) is 42.5 Å². The lowest BCUT2D eigenvalue weighted by atomic mass is 10.0. The molecular weight excluding hydrogens is 440 g/mol. The highest BCUT2D eigenvalue weighted by atomic mass is 16.6. The Kier molecular flexibility index (Phi) is 9.44. The van der Waals surface area contributed by atoms with Crippen LogP contribution in [0.3, 0.4) is 0 Å². The number of carbonyl (C=O) groups is 3. The van der Waals surface area contributed by atoms with Crippen molar-refractivity contribution in [1.82, 2.24) is 10.4 Å². The van der Waals surface area contributed by atoms with Crippen LogP contribution in [0.1, 0.15) is 31.9 Å². The van der Waals surface area contributed by atoms with Crippen LogP contribution in [-0.2, 0) is 31.9 Å². The highest BCUT2D eigenvalue weighted by Gasteiger charge is 2.37. The average Bonchev–Trinajstić information content (AvgIpc) is 2.79. The van der Waals surface area contributed by atoms with Crippen molar-refractivity contribution in [2.45, 2.75) is 51.3 Å². The van der Waals surface area contributed by atoms with Crippen LogP contribution in [0.15, 0.2) is 54.6 Å². The van der Waals surface area contributed by atoms with E-state index in [0.717, 1.165) is 10.6 Å². The minimum Gasteiger partial charge on any atom is -0.497 e. The first kappa shape index (κ1) is 26.7. The van der Waals surface area contributed by atoms with Crippen LogP contribution >= 0.6 is 0 Å². The van der Waals surface area contributed by atoms with Crippen LogP contribution in [0.4, 0.5) is 4.79 Å². The van der Waals surface area contributed by atoms with E-state index < -0.39 is 35.7 Å². The number of rotatable bonds is 10. The van der Waals surface area contributed by atoms with Gasteiger partial charge in [-0.25, -0.2) is 20.0 Å². The SMILES string of the molecule is COC(=O)[C@H](Cc1ccccc1)N(N[C@@H](Cc1ccc(OC)cc1)C(=O)O)C(=O)OC(C)(C)C. The Labute approximate surface area is 199 Å². The Morgan fingerprint density at radius 1 is 0.941 bits per heavy atom. The van der Waals surface area contributed by atoms with Gasteiger partial charge in [-0.15, -0.1) is 0 Å². The molecule has 9 heteroatoms. The smallest absolute Gasteiger partial charge is 0.425 e. The molecule has 0 saturated carbocycles. The second kappa shape index (κ2) is 12.0. The van der Waals surface area contributed by atoms with E-state index in [9.17, 15) is 19.5 Å². The molecule has 0 saturated heterocycles. The van der Waals surface area contributed by atoms with Crippen molar-refractivity contribution >= 4 is 18.0 Å². The maximum Gasteiger partial charge on any atom is 0.425 e. The summed E-state index contributed by atoms with van der Waals surface area (Å²) < 4.78 is 15.6. The van der Waals surface area contributed by atoms with Crippen LogP contribution < -0.4 is 10.2 Å². The normalized spacial score (nSPS) is 12.9. The summed E-state index contributed by atoms with van der Waals surface area (Å²) in [6, 6.07) is 13.5. The van der Waals surface area contributed by atoms with E-state index in [1.807, 2.05) is 6.07 Å². The van der Waals surface area contributed by atoms with Crippen molar-refractivity contribution < 1.29 is 33.7 Å². The van der Waals surface area contributed by atoms with E-state index in [2.05, 4.69) is 5.43 Å². The Hall–Kier alpha value is -3.59. The summed E-state index contributed by atoms with van der Waals surface area (Å²) in [7, 11) is 2.74. The fourth-order valence-corrected chi connectivity index (χ4v) is 3.19. The minimum atomic E-state index is -1.23. The lowest BCUT2D eigenvalue weighted by Gasteiger charge is -2.34. The number of ether oxygens (including phenoxy) is 3. The van der Waals surface area contributed by atoms with Crippen molar-refractivity contribution in [3.8, 4) is 5.75 Å². The molecule has 0 radical (unpaired) electrons. The van der Waals surface area contributed by atoms with E-state index in [1.54, 1.807) is 69.3 Å². The lowest BCUT2D eigenvalue weighted by molar-refractivity contribution is -0.151. The molecule has 0 bridgehead atoms. The van der Waals surface area contributed by atoms with E-state index in [4.69, 9.17) is 14.2 Å². The van der Waals surface area contributed by atoms with Crippen molar-refractivity contribution in [2.24, 2.45) is 0 Å². The predicted octanol–water partition coefficient (Wildman–Crippen LogP) is 3.22. The minimum absolute atomic E-state index is 0.0395. The fourth-order valence-electron chi connectivity index (χ4n) is 3.19. The van der Waals surface area contributed by atoms with Gasteiger partial charge < -0.3 is 19.3 Å². The molecule has 0 unspecified atom stereocenters. The number of nitrogens with zero attached hydrogens (tertiary/aromatic N) is 1. The summed E-state index contributed by atoms with van der Waals surface area (Å²) in [6.07, 6.45) is -0.758. The summed E-state index contributed by atoms with van der Waals surface area (Å²) in [6.45, 7) is 5.04. The first-order valence-electron chi connectivity index (χ1n) is 10.8. The molecule has 2 N–H and O–H groups in total. The number of benzene rings is 2. The maximum atomic E-state index is 13.1. The number of methoxy groups -OCH3 is 2. The first-order valence-corrected chi connectivity index (χ1v) is 10.8. The van der Waals surface area contributed by atoms with E-state index in [-0.39, 0.29) is 12.8 Å². The third-order valence-corrected chi connectivity index (χ3v) is 4.84. The monoisotopic (exact) mass is 472 g/mol. The molecule has 0 aromatic heterocycles. The van der Waals surface area contributed by atoms with Crippen molar-refractivity contribution in [2.75, 3.05) is 14.2 Å². The molecule has 34 heavy (non-hydrogen) atoms. The van der Waals surface area contributed by atoms with Gasteiger partial charge in [-0.2, -0.15) is 0 Å². The number of esters is 1. The quantitative estimate of drug-likeness (QED) is 0.400. The van der Waals surface area contributed by atoms with Crippen molar-refractivity contribution in [3.63, 3.8) is 0 Å². The van der Waals surface area contributed by atoms with Crippen LogP contribution in [0.5, 0.6) is 5.75 Å². The number of hydrazine groups is 1. The number of hydrogen-bond donors (Lipinski definition) is 2. The summed E-state index contributed by atoms with van der Waals surface area (Å²) in [5, 5.41) is 10.8. The molecule has 0 heterocycles. The number of nitrogens with one attached hydrogen (secondary N) is 1. The van der Waals surface area contributed by atoms with Crippen LogP contribution in [-0.4, -0.2) is 60.1 Å². The zero-order chi connectivity index (χ0) is 25.3. The van der Waals surface area contributed by atoms with Crippen LogP contribution in [0, 0.1) is 0 Å². The third-order valence-electron chi connectivity index (χ3n) is 4.84. The van der Waals surface area contributed by atoms with Gasteiger partial charge in [0.15, 0.2) is 6.04 Å². The molecule has 9 nitrogen and oxygen atoms in total. The highest BCUT2D eigenvalue weighted by Crippen LogP contribution is 2.17. The van der Waals surface area contributed by atoms with Gasteiger partial charge in [-0.05, 0) is 44.0 Å². The predicted molar refractivity (Wildman–Crippen MR) is 125 cm³/mol.